The van der Waals surface area contributed by atoms with Gasteiger partial charge in [-0.2, -0.15) is 0 Å². The molecule has 0 bridgehead atoms. The lowest BCUT2D eigenvalue weighted by molar-refractivity contribution is -0.122. The molecule has 0 aromatic rings. The molecule has 0 aliphatic heterocycles. The summed E-state index contributed by atoms with van der Waals surface area (Å²) in [5.74, 6) is -0.244. The van der Waals surface area contributed by atoms with Crippen LogP contribution < -0.4 is 5.73 Å². The van der Waals surface area contributed by atoms with E-state index in [-0.39, 0.29) is 11.8 Å². The monoisotopic (exact) mass is 443 g/mol. The molecular weight excluding hydrogens is 394 g/mol. The number of hydrogen-bond donors (Lipinski definition) is 1. The Balaban J connectivity index is 3.75. The predicted octanol–water partition coefficient (Wildman–Crippen LogP) is 6.39. The lowest BCUT2D eigenvalue weighted by Gasteiger charge is -2.24. The maximum Gasteiger partial charge on any atom is 0.500 e. The van der Waals surface area contributed by atoms with Crippen molar-refractivity contribution in [1.29, 1.82) is 0 Å². The van der Waals surface area contributed by atoms with Gasteiger partial charge in [-0.3, -0.25) is 4.79 Å². The van der Waals surface area contributed by atoms with Gasteiger partial charge in [-0.15, -0.1) is 0 Å². The van der Waals surface area contributed by atoms with Crippen LogP contribution in [0.15, 0.2) is 12.2 Å². The van der Waals surface area contributed by atoms with Gasteiger partial charge in [0.2, 0.25) is 5.91 Å². The van der Waals surface area contributed by atoms with Crippen molar-refractivity contribution in [3.63, 3.8) is 0 Å². The van der Waals surface area contributed by atoms with Gasteiger partial charge < -0.3 is 19.0 Å². The van der Waals surface area contributed by atoms with Crippen molar-refractivity contribution in [2.75, 3.05) is 21.3 Å². The molecule has 0 aliphatic rings. The number of amides is 1. The lowest BCUT2D eigenvalue weighted by Crippen LogP contribution is -2.42. The fourth-order valence-electron chi connectivity index (χ4n) is 3.83. The minimum Gasteiger partial charge on any atom is -0.377 e. The molecule has 0 heterocycles. The standard InChI is InChI=1S/C24H49NO4Si/c1-5-6-7-8-9-10-11-12-13-14-15-16-17-18-20-23(24(25)26)21-19-22-30(27-2,28-3)29-4/h12-13,23H,5-11,14-22H2,1-4H3,(H2,25,26)/b13-12-. The van der Waals surface area contributed by atoms with E-state index in [1.165, 1.54) is 70.6 Å². The average molecular weight is 444 g/mol. The third-order valence-corrected chi connectivity index (χ3v) is 8.77. The van der Waals surface area contributed by atoms with Gasteiger partial charge in [-0.25, -0.2) is 0 Å². The fourth-order valence-corrected chi connectivity index (χ4v) is 5.58. The van der Waals surface area contributed by atoms with Gasteiger partial charge in [-0.1, -0.05) is 70.4 Å². The summed E-state index contributed by atoms with van der Waals surface area (Å²) in [6.45, 7) is 2.26. The lowest BCUT2D eigenvalue weighted by atomic mass is 9.95. The zero-order valence-corrected chi connectivity index (χ0v) is 21.3. The maximum atomic E-state index is 11.8. The van der Waals surface area contributed by atoms with Crippen LogP contribution in [0.3, 0.4) is 0 Å². The quantitative estimate of drug-likeness (QED) is 0.119. The Bertz CT molecular complexity index is 419. The van der Waals surface area contributed by atoms with Crippen LogP contribution in [0.25, 0.3) is 0 Å². The van der Waals surface area contributed by atoms with Crippen LogP contribution in [0.2, 0.25) is 6.04 Å². The number of primary amides is 1. The summed E-state index contributed by atoms with van der Waals surface area (Å²) in [7, 11) is 2.31. The SMILES string of the molecule is CCCCCCCC/C=C\CCCCCCC(CCC[Si](OC)(OC)OC)C(N)=O. The summed E-state index contributed by atoms with van der Waals surface area (Å²) >= 11 is 0. The first-order valence-corrected chi connectivity index (χ1v) is 14.1. The van der Waals surface area contributed by atoms with Crippen molar-refractivity contribution < 1.29 is 18.1 Å². The molecule has 1 amide bonds. The van der Waals surface area contributed by atoms with Crippen LogP contribution in [0.4, 0.5) is 0 Å². The van der Waals surface area contributed by atoms with E-state index in [4.69, 9.17) is 19.0 Å². The third-order valence-electron chi connectivity index (χ3n) is 5.94. The summed E-state index contributed by atoms with van der Waals surface area (Å²) < 4.78 is 16.3. The average Bonchev–Trinajstić information content (AvgIpc) is 2.75. The molecule has 0 radical (unpaired) electrons. The Morgan fingerprint density at radius 3 is 1.73 bits per heavy atom. The van der Waals surface area contributed by atoms with Crippen molar-refractivity contribution in [1.82, 2.24) is 0 Å². The van der Waals surface area contributed by atoms with Gasteiger partial charge in [0.1, 0.15) is 0 Å². The highest BCUT2D eigenvalue weighted by Gasteiger charge is 2.37. The van der Waals surface area contributed by atoms with Gasteiger partial charge in [0.25, 0.3) is 0 Å². The molecule has 2 N–H and O–H groups in total. The van der Waals surface area contributed by atoms with E-state index >= 15 is 0 Å². The number of hydrogen-bond acceptors (Lipinski definition) is 4. The first-order chi connectivity index (χ1) is 14.5. The molecule has 0 aliphatic carbocycles. The zero-order valence-electron chi connectivity index (χ0n) is 20.3. The van der Waals surface area contributed by atoms with Crippen LogP contribution in [0, 0.1) is 5.92 Å². The van der Waals surface area contributed by atoms with Crippen LogP contribution in [0.1, 0.15) is 103 Å². The second-order valence-corrected chi connectivity index (χ2v) is 11.4. The van der Waals surface area contributed by atoms with E-state index in [1.54, 1.807) is 21.3 Å². The summed E-state index contributed by atoms with van der Waals surface area (Å²) in [5.41, 5.74) is 5.61. The summed E-state index contributed by atoms with van der Waals surface area (Å²) in [6.07, 6.45) is 22.5. The topological polar surface area (TPSA) is 70.8 Å². The molecule has 1 unspecified atom stereocenters. The van der Waals surface area contributed by atoms with Crippen molar-refractivity contribution in [2.45, 2.75) is 109 Å². The van der Waals surface area contributed by atoms with Gasteiger partial charge in [0.15, 0.2) is 0 Å². The normalized spacial score (nSPS) is 13.2. The van der Waals surface area contributed by atoms with Gasteiger partial charge in [0.05, 0.1) is 0 Å². The molecule has 0 saturated carbocycles. The van der Waals surface area contributed by atoms with Crippen LogP contribution in [0.5, 0.6) is 0 Å². The van der Waals surface area contributed by atoms with Crippen molar-refractivity contribution >= 4 is 14.7 Å². The highest BCUT2D eigenvalue weighted by molar-refractivity contribution is 6.60. The summed E-state index contributed by atoms with van der Waals surface area (Å²) in [4.78, 5) is 11.8. The second kappa shape index (κ2) is 20.2. The minimum absolute atomic E-state index is 0.0560. The highest BCUT2D eigenvalue weighted by atomic mass is 28.4. The molecule has 30 heavy (non-hydrogen) atoms. The van der Waals surface area contributed by atoms with E-state index in [0.717, 1.165) is 25.7 Å². The molecule has 5 nitrogen and oxygen atoms in total. The Labute approximate surface area is 187 Å². The second-order valence-electron chi connectivity index (χ2n) is 8.31. The Hall–Kier alpha value is -0.693. The predicted molar refractivity (Wildman–Crippen MR) is 128 cm³/mol. The van der Waals surface area contributed by atoms with E-state index in [1.807, 2.05) is 0 Å². The van der Waals surface area contributed by atoms with E-state index in [9.17, 15) is 4.79 Å². The smallest absolute Gasteiger partial charge is 0.377 e. The molecule has 0 rings (SSSR count). The first kappa shape index (κ1) is 29.3. The van der Waals surface area contributed by atoms with E-state index in [2.05, 4.69) is 19.1 Å². The molecule has 0 saturated heterocycles. The summed E-state index contributed by atoms with van der Waals surface area (Å²) in [5, 5.41) is 0. The summed E-state index contributed by atoms with van der Waals surface area (Å²) in [6, 6.07) is 0.714. The van der Waals surface area contributed by atoms with Crippen LogP contribution >= 0.6 is 0 Å². The number of allylic oxidation sites excluding steroid dienone is 2. The van der Waals surface area contributed by atoms with Crippen LogP contribution in [-0.2, 0) is 18.1 Å². The van der Waals surface area contributed by atoms with E-state index < -0.39 is 8.80 Å². The number of carbonyl (C=O) groups excluding carboxylic acids is 1. The molecule has 178 valence electrons. The number of nitrogens with two attached hydrogens (primary N) is 1. The van der Waals surface area contributed by atoms with E-state index in [0.29, 0.717) is 6.04 Å². The Kier molecular flexibility index (Phi) is 19.8. The van der Waals surface area contributed by atoms with Crippen molar-refractivity contribution in [2.24, 2.45) is 11.7 Å². The zero-order chi connectivity index (χ0) is 22.5. The minimum atomic E-state index is -2.55. The van der Waals surface area contributed by atoms with Crippen LogP contribution in [-0.4, -0.2) is 36.0 Å². The van der Waals surface area contributed by atoms with Gasteiger partial charge in [-0.05, 0) is 44.9 Å². The van der Waals surface area contributed by atoms with Gasteiger partial charge in [0, 0.05) is 33.3 Å². The number of carbonyl (C=O) groups is 1. The molecule has 0 aromatic carbocycles. The Morgan fingerprint density at radius 2 is 1.23 bits per heavy atom. The maximum absolute atomic E-state index is 11.8. The third kappa shape index (κ3) is 15.2. The molecule has 1 atom stereocenters. The number of unbranched alkanes of at least 4 members (excludes halogenated alkanes) is 10. The molecule has 0 fully saturated rings. The Morgan fingerprint density at radius 1 is 0.767 bits per heavy atom. The number of rotatable bonds is 22. The fraction of sp³-hybridized carbons (Fsp3) is 0.875. The first-order valence-electron chi connectivity index (χ1n) is 12.1. The molecule has 0 spiro atoms. The largest absolute Gasteiger partial charge is 0.500 e. The van der Waals surface area contributed by atoms with Gasteiger partial charge >= 0.3 is 8.80 Å². The molecule has 6 heteroatoms. The van der Waals surface area contributed by atoms with Crippen molar-refractivity contribution in [3.8, 4) is 0 Å². The molecule has 0 aromatic heterocycles. The molecular formula is C24H49NO4Si. The highest BCUT2D eigenvalue weighted by Crippen LogP contribution is 2.22. The van der Waals surface area contributed by atoms with Crippen molar-refractivity contribution in [3.05, 3.63) is 12.2 Å².